The molecule has 2 N–H and O–H groups in total. The molecule has 0 amide bonds. The second-order valence-electron chi connectivity index (χ2n) is 4.24. The molecule has 0 aliphatic heterocycles. The van der Waals surface area contributed by atoms with Gasteiger partial charge in [0, 0.05) is 12.1 Å². The lowest BCUT2D eigenvalue weighted by Gasteiger charge is -2.04. The molecule has 0 saturated heterocycles. The minimum Gasteiger partial charge on any atom is -0.382 e. The van der Waals surface area contributed by atoms with Crippen LogP contribution in [-0.2, 0) is 6.42 Å². The van der Waals surface area contributed by atoms with Crippen LogP contribution in [0.15, 0.2) is 42.7 Å². The Hall–Kier alpha value is -2.56. The summed E-state index contributed by atoms with van der Waals surface area (Å²) in [6.45, 7) is 0. The Balaban J connectivity index is 2.00. The second kappa shape index (κ2) is 4.61. The molecule has 2 heterocycles. The number of pyridine rings is 1. The van der Waals surface area contributed by atoms with Gasteiger partial charge in [0.1, 0.15) is 17.7 Å². The van der Waals surface area contributed by atoms with Crippen LogP contribution < -0.4 is 5.73 Å². The van der Waals surface area contributed by atoms with Gasteiger partial charge >= 0.3 is 0 Å². The molecule has 1 aromatic carbocycles. The Morgan fingerprint density at radius 3 is 2.84 bits per heavy atom. The van der Waals surface area contributed by atoms with Crippen molar-refractivity contribution >= 4 is 16.9 Å². The first kappa shape index (κ1) is 11.5. The molecule has 94 valence electrons. The lowest BCUT2D eigenvalue weighted by atomic mass is 10.1. The standard InChI is InChI=1S/C14H11FN4/c15-10-3-1-2-9(6-10)7-11-4-5-12-13(19-11)14(16)18-8-17-12/h1-6,8H,7H2,(H2,16,17,18). The van der Waals surface area contributed by atoms with Crippen molar-refractivity contribution in [3.05, 3.63) is 59.8 Å². The molecule has 3 rings (SSSR count). The van der Waals surface area contributed by atoms with Crippen molar-refractivity contribution in [1.82, 2.24) is 15.0 Å². The topological polar surface area (TPSA) is 64.7 Å². The first-order valence-corrected chi connectivity index (χ1v) is 5.83. The van der Waals surface area contributed by atoms with Crippen molar-refractivity contribution in [2.75, 3.05) is 5.73 Å². The number of fused-ring (bicyclic) bond motifs is 1. The zero-order valence-corrected chi connectivity index (χ0v) is 10.0. The molecule has 4 nitrogen and oxygen atoms in total. The van der Waals surface area contributed by atoms with Crippen LogP contribution in [0.1, 0.15) is 11.3 Å². The van der Waals surface area contributed by atoms with E-state index < -0.39 is 0 Å². The number of nitrogens with zero attached hydrogens (tertiary/aromatic N) is 3. The van der Waals surface area contributed by atoms with Gasteiger partial charge in [-0.3, -0.25) is 0 Å². The predicted octanol–water partition coefficient (Wildman–Crippen LogP) is 2.34. The molecule has 0 atom stereocenters. The maximum absolute atomic E-state index is 13.1. The minimum atomic E-state index is -0.249. The van der Waals surface area contributed by atoms with E-state index in [0.717, 1.165) is 11.3 Å². The highest BCUT2D eigenvalue weighted by atomic mass is 19.1. The molecule has 0 unspecified atom stereocenters. The SMILES string of the molecule is Nc1ncnc2ccc(Cc3cccc(F)c3)nc12. The molecule has 0 aliphatic carbocycles. The first-order chi connectivity index (χ1) is 9.22. The Morgan fingerprint density at radius 2 is 2.00 bits per heavy atom. The Labute approximate surface area is 109 Å². The van der Waals surface area contributed by atoms with Crippen LogP contribution in [0.5, 0.6) is 0 Å². The number of hydrogen-bond donors (Lipinski definition) is 1. The Bertz CT molecular complexity index is 742. The van der Waals surface area contributed by atoms with E-state index in [2.05, 4.69) is 15.0 Å². The molecule has 0 saturated carbocycles. The van der Waals surface area contributed by atoms with Crippen molar-refractivity contribution in [2.24, 2.45) is 0 Å². The quantitative estimate of drug-likeness (QED) is 0.762. The average Bonchev–Trinajstić information content (AvgIpc) is 2.40. The molecule has 19 heavy (non-hydrogen) atoms. The van der Waals surface area contributed by atoms with E-state index in [-0.39, 0.29) is 5.82 Å². The van der Waals surface area contributed by atoms with Gasteiger partial charge in [0.2, 0.25) is 0 Å². The summed E-state index contributed by atoms with van der Waals surface area (Å²) < 4.78 is 13.1. The van der Waals surface area contributed by atoms with Gasteiger partial charge in [0.05, 0.1) is 5.52 Å². The van der Waals surface area contributed by atoms with Gasteiger partial charge in [0.15, 0.2) is 5.82 Å². The summed E-state index contributed by atoms with van der Waals surface area (Å²) in [4.78, 5) is 12.4. The summed E-state index contributed by atoms with van der Waals surface area (Å²) in [5, 5.41) is 0. The number of benzene rings is 1. The molecule has 0 radical (unpaired) electrons. The summed E-state index contributed by atoms with van der Waals surface area (Å²) in [7, 11) is 0. The maximum Gasteiger partial charge on any atom is 0.153 e. The zero-order chi connectivity index (χ0) is 13.2. The van der Waals surface area contributed by atoms with Gasteiger partial charge in [0.25, 0.3) is 0 Å². The maximum atomic E-state index is 13.1. The molecule has 0 bridgehead atoms. The largest absolute Gasteiger partial charge is 0.382 e. The minimum absolute atomic E-state index is 0.249. The van der Waals surface area contributed by atoms with Gasteiger partial charge in [-0.1, -0.05) is 12.1 Å². The molecular formula is C14H11FN4. The fourth-order valence-electron chi connectivity index (χ4n) is 1.95. The van der Waals surface area contributed by atoms with E-state index in [9.17, 15) is 4.39 Å². The summed E-state index contributed by atoms with van der Waals surface area (Å²) >= 11 is 0. The van der Waals surface area contributed by atoms with Crippen LogP contribution in [0, 0.1) is 5.82 Å². The second-order valence-corrected chi connectivity index (χ2v) is 4.24. The van der Waals surface area contributed by atoms with Crippen LogP contribution >= 0.6 is 0 Å². The van der Waals surface area contributed by atoms with E-state index in [1.54, 1.807) is 6.07 Å². The summed E-state index contributed by atoms with van der Waals surface area (Å²) in [5.41, 5.74) is 8.72. The fourth-order valence-corrected chi connectivity index (χ4v) is 1.95. The number of rotatable bonds is 2. The van der Waals surface area contributed by atoms with Crippen LogP contribution in [-0.4, -0.2) is 15.0 Å². The lowest BCUT2D eigenvalue weighted by molar-refractivity contribution is 0.626. The van der Waals surface area contributed by atoms with Crippen molar-refractivity contribution in [3.8, 4) is 0 Å². The van der Waals surface area contributed by atoms with Gasteiger partial charge in [-0.25, -0.2) is 19.3 Å². The highest BCUT2D eigenvalue weighted by Gasteiger charge is 2.05. The summed E-state index contributed by atoms with van der Waals surface area (Å²) in [5.74, 6) is 0.104. The highest BCUT2D eigenvalue weighted by molar-refractivity contribution is 5.83. The van der Waals surface area contributed by atoms with E-state index in [1.807, 2.05) is 18.2 Å². The first-order valence-electron chi connectivity index (χ1n) is 5.83. The average molecular weight is 254 g/mol. The summed E-state index contributed by atoms with van der Waals surface area (Å²) in [6, 6.07) is 10.2. The van der Waals surface area contributed by atoms with Crippen LogP contribution in [0.4, 0.5) is 10.2 Å². The van der Waals surface area contributed by atoms with Gasteiger partial charge in [-0.2, -0.15) is 0 Å². The Morgan fingerprint density at radius 1 is 1.11 bits per heavy atom. The molecule has 0 fully saturated rings. The smallest absolute Gasteiger partial charge is 0.153 e. The molecular weight excluding hydrogens is 243 g/mol. The molecule has 2 aromatic heterocycles. The molecule has 3 aromatic rings. The van der Waals surface area contributed by atoms with Crippen LogP contribution in [0.25, 0.3) is 11.0 Å². The molecule has 0 aliphatic rings. The third kappa shape index (κ3) is 2.35. The van der Waals surface area contributed by atoms with Crippen LogP contribution in [0.2, 0.25) is 0 Å². The van der Waals surface area contributed by atoms with Crippen molar-refractivity contribution in [2.45, 2.75) is 6.42 Å². The number of nitrogen functional groups attached to an aromatic ring is 1. The van der Waals surface area contributed by atoms with Crippen molar-refractivity contribution in [1.29, 1.82) is 0 Å². The zero-order valence-electron chi connectivity index (χ0n) is 10.0. The van der Waals surface area contributed by atoms with Crippen molar-refractivity contribution in [3.63, 3.8) is 0 Å². The number of nitrogens with two attached hydrogens (primary N) is 1. The number of halogens is 1. The number of hydrogen-bond acceptors (Lipinski definition) is 4. The van der Waals surface area contributed by atoms with E-state index in [0.29, 0.717) is 23.3 Å². The van der Waals surface area contributed by atoms with E-state index in [1.165, 1.54) is 18.5 Å². The van der Waals surface area contributed by atoms with Gasteiger partial charge in [-0.05, 0) is 29.8 Å². The highest BCUT2D eigenvalue weighted by Crippen LogP contribution is 2.16. The third-order valence-corrected chi connectivity index (χ3v) is 2.84. The van der Waals surface area contributed by atoms with Crippen LogP contribution in [0.3, 0.4) is 0 Å². The summed E-state index contributed by atoms with van der Waals surface area (Å²) in [6.07, 6.45) is 1.95. The molecule has 0 spiro atoms. The number of anilines is 1. The lowest BCUT2D eigenvalue weighted by Crippen LogP contribution is -1.99. The molecule has 5 heteroatoms. The van der Waals surface area contributed by atoms with E-state index in [4.69, 9.17) is 5.73 Å². The number of aromatic nitrogens is 3. The monoisotopic (exact) mass is 254 g/mol. The Kier molecular flexibility index (Phi) is 2.79. The van der Waals surface area contributed by atoms with Crippen molar-refractivity contribution < 1.29 is 4.39 Å². The van der Waals surface area contributed by atoms with Gasteiger partial charge in [-0.15, -0.1) is 0 Å². The third-order valence-electron chi connectivity index (χ3n) is 2.84. The van der Waals surface area contributed by atoms with E-state index >= 15 is 0 Å². The predicted molar refractivity (Wildman–Crippen MR) is 71.0 cm³/mol. The van der Waals surface area contributed by atoms with Gasteiger partial charge < -0.3 is 5.73 Å². The fraction of sp³-hybridized carbons (Fsp3) is 0.0714. The normalized spacial score (nSPS) is 10.8.